The summed E-state index contributed by atoms with van der Waals surface area (Å²) in [6, 6.07) is 1.14. The molecule has 1 heterocycles. The van der Waals surface area contributed by atoms with Gasteiger partial charge in [-0.15, -0.1) is 0 Å². The summed E-state index contributed by atoms with van der Waals surface area (Å²) in [6.07, 6.45) is 1.13. The van der Waals surface area contributed by atoms with Crippen LogP contribution in [0.25, 0.3) is 5.14 Å². The molecule has 0 fully saturated rings. The van der Waals surface area contributed by atoms with Gasteiger partial charge in [-0.25, -0.2) is 8.42 Å². The van der Waals surface area contributed by atoms with Gasteiger partial charge in [-0.1, -0.05) is 0 Å². The van der Waals surface area contributed by atoms with Crippen LogP contribution in [-0.2, 0) is 15.6 Å². The quantitative estimate of drug-likeness (QED) is 0.607. The van der Waals surface area contributed by atoms with Crippen LogP contribution in [0.2, 0.25) is 0 Å². The summed E-state index contributed by atoms with van der Waals surface area (Å²) < 4.78 is 25.9. The molecule has 0 atom stereocenters. The Morgan fingerprint density at radius 1 is 1.50 bits per heavy atom. The van der Waals surface area contributed by atoms with Crippen molar-refractivity contribution in [3.8, 4) is 0 Å². The maximum atomic E-state index is 10.7. The van der Waals surface area contributed by atoms with Gasteiger partial charge in [-0.3, -0.25) is 0 Å². The summed E-state index contributed by atoms with van der Waals surface area (Å²) in [5, 5.41) is 15.7. The topological polar surface area (TPSA) is 91.3 Å². The van der Waals surface area contributed by atoms with E-state index in [9.17, 15) is 13.5 Å². The van der Waals surface area contributed by atoms with E-state index in [-0.39, 0.29) is 29.6 Å². The zero-order valence-corrected chi connectivity index (χ0v) is 11.1. The van der Waals surface area contributed by atoms with E-state index in [1.165, 1.54) is 13.8 Å². The number of hydrogen-bond donors (Lipinski definition) is 1. The third-order valence-corrected chi connectivity index (χ3v) is 2.29. The van der Waals surface area contributed by atoms with Gasteiger partial charge in [0.05, 0.1) is 11.9 Å². The normalized spacial score (nSPS) is 12.3. The minimum atomic E-state index is -4.07. The molecule has 1 rings (SSSR count). The number of hydrogen-bond acceptors (Lipinski definition) is 4. The first kappa shape index (κ1) is 14.2. The molecule has 1 aromatic heterocycles. The first-order valence-electron chi connectivity index (χ1n) is 3.52. The number of aliphatic hydroxyl groups is 1. The number of furan rings is 1. The molecule has 14 heavy (non-hydrogen) atoms. The minimum absolute atomic E-state index is 0. The van der Waals surface area contributed by atoms with Crippen LogP contribution in [0.1, 0.15) is 19.4 Å². The van der Waals surface area contributed by atoms with Crippen molar-refractivity contribution < 1.29 is 47.5 Å². The van der Waals surface area contributed by atoms with Crippen LogP contribution >= 0.6 is 0 Å². The smallest absolute Gasteiger partial charge is 0.557 e. The summed E-state index contributed by atoms with van der Waals surface area (Å²) >= 11 is 0. The van der Waals surface area contributed by atoms with Crippen LogP contribution in [0.5, 0.6) is 0 Å². The maximum Gasteiger partial charge on any atom is 1.00 e. The molecule has 1 aromatic rings. The Morgan fingerprint density at radius 3 is 2.21 bits per heavy atom. The van der Waals surface area contributed by atoms with Gasteiger partial charge < -0.3 is 14.7 Å². The fourth-order valence-corrected chi connectivity index (χ4v) is 1.24. The second-order valence-electron chi connectivity index (χ2n) is 3.22. The van der Waals surface area contributed by atoms with E-state index >= 15 is 0 Å². The molecular formula is C7H10NNaO4S. The fraction of sp³-hybridized carbons (Fsp3) is 0.429. The molecule has 0 saturated carbocycles. The van der Waals surface area contributed by atoms with Gasteiger partial charge in [0.1, 0.15) is 10.0 Å². The molecule has 7 heteroatoms. The van der Waals surface area contributed by atoms with Gasteiger partial charge in [0.25, 0.3) is 0 Å². The average Bonchev–Trinajstić information content (AvgIpc) is 2.28. The molecule has 2 N–H and O–H groups in total. The van der Waals surface area contributed by atoms with Gasteiger partial charge in [0, 0.05) is 11.6 Å². The molecule has 0 aromatic carbocycles. The largest absolute Gasteiger partial charge is 1.00 e. The van der Waals surface area contributed by atoms with Crippen molar-refractivity contribution in [2.24, 2.45) is 0 Å². The summed E-state index contributed by atoms with van der Waals surface area (Å²) in [5.74, 6) is 0. The van der Waals surface area contributed by atoms with Crippen molar-refractivity contribution >= 4 is 10.0 Å². The number of rotatable bonds is 2. The Morgan fingerprint density at radius 2 is 2.00 bits per heavy atom. The third-order valence-electron chi connectivity index (χ3n) is 1.55. The predicted molar refractivity (Wildman–Crippen MR) is 45.5 cm³/mol. The van der Waals surface area contributed by atoms with E-state index in [1.807, 2.05) is 0 Å². The van der Waals surface area contributed by atoms with Crippen LogP contribution in [0.3, 0.4) is 0 Å². The number of sulfonamides is 1. The summed E-state index contributed by atoms with van der Waals surface area (Å²) in [6.45, 7) is 3.00. The van der Waals surface area contributed by atoms with Crippen molar-refractivity contribution in [2.45, 2.75) is 24.5 Å². The third kappa shape index (κ3) is 3.38. The van der Waals surface area contributed by atoms with Crippen LogP contribution in [0.4, 0.5) is 0 Å². The van der Waals surface area contributed by atoms with Crippen molar-refractivity contribution in [1.29, 1.82) is 0 Å². The predicted octanol–water partition coefficient (Wildman–Crippen LogP) is -1.75. The number of nitrogens with one attached hydrogen (secondary N) is 1. The van der Waals surface area contributed by atoms with Crippen LogP contribution in [-0.4, -0.2) is 13.5 Å². The Labute approximate surface area is 105 Å². The first-order valence-corrected chi connectivity index (χ1v) is 5.00. The van der Waals surface area contributed by atoms with E-state index in [0.29, 0.717) is 5.56 Å². The SMILES string of the molecule is CC(C)(O)c1coc(S([NH-])(=O)=O)c1.[Na+]. The van der Waals surface area contributed by atoms with Crippen LogP contribution in [0, 0.1) is 0 Å². The second kappa shape index (κ2) is 4.34. The average molecular weight is 227 g/mol. The molecule has 74 valence electrons. The molecule has 0 amide bonds. The molecule has 0 unspecified atom stereocenters. The van der Waals surface area contributed by atoms with Crippen molar-refractivity contribution in [3.63, 3.8) is 0 Å². The molecule has 0 spiro atoms. The standard InChI is InChI=1S/C7H10NO4S.Na/c1-7(2,9)5-3-6(12-4-5)13(8,10)11;/h3-4,9H,1-2H3,(H-,8,10,11);/q-1;+1. The fourth-order valence-electron chi connectivity index (χ4n) is 0.778. The molecule has 0 aliphatic heterocycles. The maximum absolute atomic E-state index is 10.7. The Hall–Kier alpha value is 0.150. The Kier molecular flexibility index (Phi) is 4.39. The zero-order valence-electron chi connectivity index (χ0n) is 8.23. The summed E-state index contributed by atoms with van der Waals surface area (Å²) in [5.41, 5.74) is -0.828. The van der Waals surface area contributed by atoms with Gasteiger partial charge in [-0.2, -0.15) is 0 Å². The molecule has 0 bridgehead atoms. The van der Waals surface area contributed by atoms with Gasteiger partial charge in [0.15, 0.2) is 5.09 Å². The molecular weight excluding hydrogens is 217 g/mol. The summed E-state index contributed by atoms with van der Waals surface area (Å²) in [4.78, 5) is 0. The summed E-state index contributed by atoms with van der Waals surface area (Å²) in [7, 11) is -4.07. The van der Waals surface area contributed by atoms with Crippen LogP contribution in [0.15, 0.2) is 21.8 Å². The zero-order chi connectivity index (χ0) is 10.3. The Balaban J connectivity index is 0.00000169. The molecule has 0 aliphatic rings. The molecule has 0 aliphatic carbocycles. The van der Waals surface area contributed by atoms with E-state index in [4.69, 9.17) is 5.14 Å². The molecule has 5 nitrogen and oxygen atoms in total. The van der Waals surface area contributed by atoms with Crippen molar-refractivity contribution in [2.75, 3.05) is 0 Å². The Bertz CT molecular complexity index is 404. The molecule has 0 saturated heterocycles. The van der Waals surface area contributed by atoms with E-state index < -0.39 is 20.7 Å². The molecule has 0 radical (unpaired) electrons. The monoisotopic (exact) mass is 227 g/mol. The van der Waals surface area contributed by atoms with Gasteiger partial charge in [-0.05, 0) is 13.8 Å². The van der Waals surface area contributed by atoms with Gasteiger partial charge in [0.2, 0.25) is 0 Å². The van der Waals surface area contributed by atoms with Crippen molar-refractivity contribution in [3.05, 3.63) is 23.0 Å². The van der Waals surface area contributed by atoms with Crippen molar-refractivity contribution in [1.82, 2.24) is 0 Å². The van der Waals surface area contributed by atoms with E-state index in [1.54, 1.807) is 0 Å². The minimum Gasteiger partial charge on any atom is -0.557 e. The van der Waals surface area contributed by atoms with Crippen LogP contribution < -0.4 is 29.6 Å². The first-order chi connectivity index (χ1) is 5.71. The van der Waals surface area contributed by atoms with E-state index in [2.05, 4.69) is 4.42 Å². The van der Waals surface area contributed by atoms with Gasteiger partial charge >= 0.3 is 29.6 Å². The van der Waals surface area contributed by atoms with E-state index in [0.717, 1.165) is 12.3 Å². The second-order valence-corrected chi connectivity index (χ2v) is 4.63.